The lowest BCUT2D eigenvalue weighted by atomic mass is 9.80. The molecule has 0 saturated carbocycles. The van der Waals surface area contributed by atoms with Crippen LogP contribution in [-0.4, -0.2) is 74.4 Å². The smallest absolute Gasteiger partial charge is 0.497 e. The van der Waals surface area contributed by atoms with Gasteiger partial charge in [-0.05, 0) is 47.9 Å². The van der Waals surface area contributed by atoms with Gasteiger partial charge in [0.1, 0.15) is 35.4 Å². The highest BCUT2D eigenvalue weighted by atomic mass is 19.4. The van der Waals surface area contributed by atoms with Crippen molar-refractivity contribution in [3.05, 3.63) is 108 Å². The summed E-state index contributed by atoms with van der Waals surface area (Å²) in [5.41, 5.74) is 0.970. The number of aliphatic hydroxyl groups excluding tert-OH is 1. The van der Waals surface area contributed by atoms with Gasteiger partial charge in [-0.25, -0.2) is 0 Å². The van der Waals surface area contributed by atoms with Crippen LogP contribution in [0.2, 0.25) is 0 Å². The lowest BCUT2D eigenvalue weighted by Crippen LogP contribution is -2.54. The Hall–Kier alpha value is -3.61. The van der Waals surface area contributed by atoms with Gasteiger partial charge >= 0.3 is 6.36 Å². The summed E-state index contributed by atoms with van der Waals surface area (Å²) in [7, 11) is 3.14. The average Bonchev–Trinajstić information content (AvgIpc) is 3.31. The first-order valence-electron chi connectivity index (χ1n) is 13.9. The first-order valence-corrected chi connectivity index (χ1v) is 13.9. The molecule has 2 heterocycles. The van der Waals surface area contributed by atoms with E-state index in [1.807, 2.05) is 54.6 Å². The van der Waals surface area contributed by atoms with E-state index in [4.69, 9.17) is 18.9 Å². The monoisotopic (exact) mass is 600 g/mol. The van der Waals surface area contributed by atoms with Crippen molar-refractivity contribution in [2.75, 3.05) is 27.4 Å². The van der Waals surface area contributed by atoms with Gasteiger partial charge in [0, 0.05) is 12.7 Å². The van der Waals surface area contributed by atoms with Gasteiger partial charge < -0.3 is 29.0 Å². The van der Waals surface area contributed by atoms with Crippen molar-refractivity contribution >= 4 is 0 Å². The van der Waals surface area contributed by atoms with Gasteiger partial charge in [0.2, 0.25) is 0 Å². The van der Waals surface area contributed by atoms with Gasteiger partial charge in [0.15, 0.2) is 6.23 Å². The number of benzene rings is 3. The lowest BCUT2D eigenvalue weighted by molar-refractivity contribution is -0.357. The summed E-state index contributed by atoms with van der Waals surface area (Å²) in [5.74, 6) is 1.28. The second-order valence-corrected chi connectivity index (χ2v) is 10.3. The van der Waals surface area contributed by atoms with Gasteiger partial charge in [-0.1, -0.05) is 60.7 Å². The summed E-state index contributed by atoms with van der Waals surface area (Å²) in [6, 6.07) is 24.1. The highest BCUT2D eigenvalue weighted by Gasteiger charge is 2.53. The number of aliphatic hydroxyl groups is 1. The number of halogens is 3. The summed E-state index contributed by atoms with van der Waals surface area (Å²) >= 11 is 0. The van der Waals surface area contributed by atoms with Crippen LogP contribution in [0.5, 0.6) is 11.5 Å². The molecule has 2 aliphatic heterocycles. The Labute approximate surface area is 248 Å². The van der Waals surface area contributed by atoms with Crippen LogP contribution in [0, 0.1) is 0 Å². The number of hydrogen-bond donors (Lipinski definition) is 2. The fraction of sp³-hybridized carbons (Fsp3) is 0.375. The third-order valence-corrected chi connectivity index (χ3v) is 7.77. The van der Waals surface area contributed by atoms with E-state index in [1.165, 1.54) is 0 Å². The molecule has 8 nitrogen and oxygen atoms in total. The quantitative estimate of drug-likeness (QED) is 0.323. The third-order valence-electron chi connectivity index (χ3n) is 7.77. The van der Waals surface area contributed by atoms with Gasteiger partial charge in [-0.15, -0.1) is 13.2 Å². The molecule has 1 saturated heterocycles. The third kappa shape index (κ3) is 6.51. The van der Waals surface area contributed by atoms with Crippen molar-refractivity contribution in [3.8, 4) is 11.5 Å². The molecule has 2 aliphatic rings. The fourth-order valence-electron chi connectivity index (χ4n) is 5.61. The van der Waals surface area contributed by atoms with Gasteiger partial charge in [0.25, 0.3) is 0 Å². The number of nitrogens with zero attached hydrogens (tertiary/aromatic N) is 1. The standard InChI is InChI=1S/C32H35F3N2O6/c1-21-36-18-7-19-37(21)30-29(43-32(33,34)35)28(38)27(42-30)20-41-31(22-8-5-4-6-9-22,23-10-14-25(39-2)15-11-23)24-12-16-26(40-3)17-13-24/h4-17,19,21,27-30,36,38H,18,20H2,1-3H3/t21?,27-,28?,29?,30-/m1/s1. The zero-order valence-corrected chi connectivity index (χ0v) is 24.0. The van der Waals surface area contributed by atoms with Gasteiger partial charge in [-0.3, -0.25) is 10.1 Å². The Bertz CT molecular complexity index is 1310. The van der Waals surface area contributed by atoms with Crippen LogP contribution in [0.4, 0.5) is 13.2 Å². The minimum absolute atomic E-state index is 0.262. The van der Waals surface area contributed by atoms with Crippen molar-refractivity contribution in [2.45, 2.75) is 49.6 Å². The van der Waals surface area contributed by atoms with E-state index in [2.05, 4.69) is 10.1 Å². The molecule has 11 heteroatoms. The van der Waals surface area contributed by atoms with E-state index >= 15 is 0 Å². The van der Waals surface area contributed by atoms with Crippen molar-refractivity contribution < 1.29 is 42.0 Å². The van der Waals surface area contributed by atoms with E-state index in [-0.39, 0.29) is 12.8 Å². The molecule has 3 aromatic carbocycles. The molecule has 2 N–H and O–H groups in total. The maximum atomic E-state index is 13.5. The number of ether oxygens (including phenoxy) is 5. The molecule has 230 valence electrons. The van der Waals surface area contributed by atoms with E-state index in [1.54, 1.807) is 62.6 Å². The molecule has 0 aliphatic carbocycles. The van der Waals surface area contributed by atoms with Crippen LogP contribution in [0.15, 0.2) is 91.1 Å². The van der Waals surface area contributed by atoms with Crippen molar-refractivity contribution in [3.63, 3.8) is 0 Å². The summed E-state index contributed by atoms with van der Waals surface area (Å²) in [6.45, 7) is 2.08. The van der Waals surface area contributed by atoms with Crippen LogP contribution < -0.4 is 14.8 Å². The lowest BCUT2D eigenvalue weighted by Gasteiger charge is -2.38. The fourth-order valence-corrected chi connectivity index (χ4v) is 5.61. The molecule has 0 spiro atoms. The van der Waals surface area contributed by atoms with Crippen molar-refractivity contribution in [1.82, 2.24) is 10.2 Å². The topological polar surface area (TPSA) is 81.7 Å². The second kappa shape index (κ2) is 12.9. The number of alkyl halides is 3. The summed E-state index contributed by atoms with van der Waals surface area (Å²) in [5, 5.41) is 14.4. The predicted molar refractivity (Wildman–Crippen MR) is 152 cm³/mol. The minimum Gasteiger partial charge on any atom is -0.497 e. The molecule has 0 radical (unpaired) electrons. The first kappa shape index (κ1) is 30.8. The first-order chi connectivity index (χ1) is 20.7. The van der Waals surface area contributed by atoms with E-state index in [9.17, 15) is 18.3 Å². The molecule has 5 rings (SSSR count). The minimum atomic E-state index is -4.99. The average molecular weight is 601 g/mol. The number of rotatable bonds is 10. The van der Waals surface area contributed by atoms with Crippen molar-refractivity contribution in [2.24, 2.45) is 0 Å². The van der Waals surface area contributed by atoms with Crippen LogP contribution in [-0.2, 0) is 19.8 Å². The van der Waals surface area contributed by atoms with Gasteiger partial charge in [0.05, 0.1) is 27.0 Å². The Kier molecular flexibility index (Phi) is 9.28. The van der Waals surface area contributed by atoms with E-state index in [0.29, 0.717) is 18.0 Å². The zero-order valence-electron chi connectivity index (χ0n) is 24.0. The van der Waals surface area contributed by atoms with E-state index < -0.39 is 36.5 Å². The second-order valence-electron chi connectivity index (χ2n) is 10.3. The molecule has 3 unspecified atom stereocenters. The summed E-state index contributed by atoms with van der Waals surface area (Å²) in [4.78, 5) is 1.57. The molecular formula is C32H35F3N2O6. The molecule has 0 amide bonds. The largest absolute Gasteiger partial charge is 0.523 e. The number of nitrogens with one attached hydrogen (secondary N) is 1. The van der Waals surface area contributed by atoms with Crippen molar-refractivity contribution in [1.29, 1.82) is 0 Å². The van der Waals surface area contributed by atoms with Crippen LogP contribution >= 0.6 is 0 Å². The zero-order chi connectivity index (χ0) is 30.6. The maximum Gasteiger partial charge on any atom is 0.523 e. The Balaban J connectivity index is 1.55. The summed E-state index contributed by atoms with van der Waals surface area (Å²) in [6.07, 6.45) is -7.67. The number of hydrogen-bond acceptors (Lipinski definition) is 8. The normalized spacial score (nSPS) is 24.3. The molecule has 3 aromatic rings. The van der Waals surface area contributed by atoms with E-state index in [0.717, 1.165) is 16.7 Å². The molecular weight excluding hydrogens is 565 g/mol. The summed E-state index contributed by atoms with van der Waals surface area (Å²) < 4.78 is 68.6. The number of methoxy groups -OCH3 is 2. The van der Waals surface area contributed by atoms with Gasteiger partial charge in [-0.2, -0.15) is 0 Å². The predicted octanol–water partition coefficient (Wildman–Crippen LogP) is 4.77. The SMILES string of the molecule is COc1ccc(C(OC[C@H]2O[C@@H](N3C=CCNC3C)C(OC(F)(F)F)C2O)(c2ccccc2)c2ccc(OC)cc2)cc1. The Morgan fingerprint density at radius 3 is 1.95 bits per heavy atom. The highest BCUT2D eigenvalue weighted by Crippen LogP contribution is 2.43. The Morgan fingerprint density at radius 1 is 0.884 bits per heavy atom. The molecule has 5 atom stereocenters. The molecule has 1 fully saturated rings. The highest BCUT2D eigenvalue weighted by molar-refractivity contribution is 5.49. The maximum absolute atomic E-state index is 13.5. The molecule has 0 aromatic heterocycles. The molecule has 43 heavy (non-hydrogen) atoms. The van der Waals surface area contributed by atoms with Crippen LogP contribution in [0.3, 0.4) is 0 Å². The molecule has 0 bridgehead atoms. The Morgan fingerprint density at radius 2 is 1.44 bits per heavy atom. The van der Waals surface area contributed by atoms with Crippen LogP contribution in [0.1, 0.15) is 23.6 Å². The van der Waals surface area contributed by atoms with Crippen LogP contribution in [0.25, 0.3) is 0 Å².